The molecule has 1 aromatic carbocycles. The number of H-pyrrole nitrogens is 1. The Labute approximate surface area is 98.1 Å². The van der Waals surface area contributed by atoms with E-state index in [0.717, 1.165) is 11.1 Å². The Morgan fingerprint density at radius 1 is 1.50 bits per heavy atom. The average Bonchev–Trinajstić information content (AvgIpc) is 2.82. The summed E-state index contributed by atoms with van der Waals surface area (Å²) in [6.45, 7) is -0.0980. The highest BCUT2D eigenvalue weighted by Gasteiger charge is 2.10. The van der Waals surface area contributed by atoms with Crippen LogP contribution in [0.25, 0.3) is 11.4 Å². The zero-order valence-electron chi connectivity index (χ0n) is 8.52. The van der Waals surface area contributed by atoms with E-state index >= 15 is 0 Å². The van der Waals surface area contributed by atoms with Crippen LogP contribution in [0.15, 0.2) is 30.6 Å². The molecule has 1 aromatic heterocycles. The Kier molecular flexibility index (Phi) is 3.24. The fraction of sp³-hybridized carbons (Fsp3) is 0.182. The Bertz CT molecular complexity index is 470. The third-order valence-corrected chi connectivity index (χ3v) is 2.70. The van der Waals surface area contributed by atoms with Crippen LogP contribution in [-0.2, 0) is 0 Å². The van der Waals surface area contributed by atoms with E-state index in [1.165, 1.54) is 0 Å². The van der Waals surface area contributed by atoms with Gasteiger partial charge in [-0.25, -0.2) is 4.98 Å². The average molecular weight is 238 g/mol. The van der Waals surface area contributed by atoms with Gasteiger partial charge in [0, 0.05) is 18.0 Å². The van der Waals surface area contributed by atoms with Crippen molar-refractivity contribution in [2.24, 2.45) is 5.73 Å². The van der Waals surface area contributed by atoms with Gasteiger partial charge in [-0.1, -0.05) is 17.7 Å². The summed E-state index contributed by atoms with van der Waals surface area (Å²) >= 11 is 6.07. The number of halogens is 1. The van der Waals surface area contributed by atoms with Crippen LogP contribution in [0.1, 0.15) is 11.6 Å². The summed E-state index contributed by atoms with van der Waals surface area (Å²) in [5.41, 5.74) is 7.36. The highest BCUT2D eigenvalue weighted by molar-refractivity contribution is 6.33. The van der Waals surface area contributed by atoms with Crippen molar-refractivity contribution in [3.05, 3.63) is 41.2 Å². The number of benzene rings is 1. The van der Waals surface area contributed by atoms with Crippen LogP contribution >= 0.6 is 11.6 Å². The number of nitrogens with one attached hydrogen (secondary N) is 1. The Hall–Kier alpha value is -1.36. The molecule has 0 aliphatic rings. The van der Waals surface area contributed by atoms with E-state index in [2.05, 4.69) is 9.97 Å². The highest BCUT2D eigenvalue weighted by atomic mass is 35.5. The van der Waals surface area contributed by atoms with Gasteiger partial charge in [0.25, 0.3) is 0 Å². The lowest BCUT2D eigenvalue weighted by molar-refractivity contribution is 0.268. The molecule has 4 nitrogen and oxygen atoms in total. The Morgan fingerprint density at radius 3 is 2.94 bits per heavy atom. The maximum Gasteiger partial charge on any atom is 0.138 e. The Balaban J connectivity index is 2.45. The van der Waals surface area contributed by atoms with Gasteiger partial charge in [-0.2, -0.15) is 0 Å². The number of aliphatic hydroxyl groups is 1. The molecule has 1 heterocycles. The lowest BCUT2D eigenvalue weighted by Crippen LogP contribution is -2.14. The van der Waals surface area contributed by atoms with Gasteiger partial charge in [0.15, 0.2) is 0 Å². The molecule has 1 unspecified atom stereocenters. The number of nitrogens with two attached hydrogens (primary N) is 1. The minimum Gasteiger partial charge on any atom is -0.394 e. The van der Waals surface area contributed by atoms with Gasteiger partial charge in [0.1, 0.15) is 5.82 Å². The third-order valence-electron chi connectivity index (χ3n) is 2.37. The van der Waals surface area contributed by atoms with Gasteiger partial charge in [0.05, 0.1) is 17.7 Å². The number of aliphatic hydroxyl groups excluding tert-OH is 1. The van der Waals surface area contributed by atoms with Crippen LogP contribution in [0.4, 0.5) is 0 Å². The second kappa shape index (κ2) is 4.65. The van der Waals surface area contributed by atoms with Gasteiger partial charge in [-0.3, -0.25) is 0 Å². The molecule has 2 rings (SSSR count). The number of rotatable bonds is 3. The van der Waals surface area contributed by atoms with E-state index in [1.54, 1.807) is 24.5 Å². The van der Waals surface area contributed by atoms with Crippen LogP contribution in [0.5, 0.6) is 0 Å². The normalized spacial score (nSPS) is 12.7. The van der Waals surface area contributed by atoms with E-state index in [9.17, 15) is 0 Å². The lowest BCUT2D eigenvalue weighted by Gasteiger charge is -2.10. The molecule has 0 saturated heterocycles. The third kappa shape index (κ3) is 2.09. The quantitative estimate of drug-likeness (QED) is 0.761. The van der Waals surface area contributed by atoms with Crippen molar-refractivity contribution >= 4 is 11.6 Å². The first kappa shape index (κ1) is 11.1. The molecule has 0 aliphatic heterocycles. The number of hydrogen-bond donors (Lipinski definition) is 3. The van der Waals surface area contributed by atoms with E-state index in [0.29, 0.717) is 10.8 Å². The molecular weight excluding hydrogens is 226 g/mol. The molecule has 5 heteroatoms. The zero-order chi connectivity index (χ0) is 11.5. The molecule has 16 heavy (non-hydrogen) atoms. The predicted molar refractivity (Wildman–Crippen MR) is 63.0 cm³/mol. The van der Waals surface area contributed by atoms with Crippen molar-refractivity contribution < 1.29 is 5.11 Å². The number of aromatic amines is 1. The topological polar surface area (TPSA) is 74.9 Å². The summed E-state index contributed by atoms with van der Waals surface area (Å²) in [6, 6.07) is 4.99. The molecule has 84 valence electrons. The minimum atomic E-state index is -0.397. The SMILES string of the molecule is NC(CO)c1ccc(Cl)c(-c2ncc[nH]2)c1. The number of hydrogen-bond acceptors (Lipinski definition) is 3. The van der Waals surface area contributed by atoms with E-state index in [-0.39, 0.29) is 6.61 Å². The monoisotopic (exact) mass is 237 g/mol. The summed E-state index contributed by atoms with van der Waals surface area (Å²) in [4.78, 5) is 7.11. The highest BCUT2D eigenvalue weighted by Crippen LogP contribution is 2.27. The van der Waals surface area contributed by atoms with Crippen LogP contribution in [-0.4, -0.2) is 21.7 Å². The maximum atomic E-state index is 9.00. The minimum absolute atomic E-state index is 0.0980. The summed E-state index contributed by atoms with van der Waals surface area (Å²) in [5, 5.41) is 9.60. The van der Waals surface area contributed by atoms with Crippen molar-refractivity contribution in [2.45, 2.75) is 6.04 Å². The second-order valence-electron chi connectivity index (χ2n) is 3.47. The van der Waals surface area contributed by atoms with Crippen LogP contribution in [0, 0.1) is 0 Å². The zero-order valence-corrected chi connectivity index (χ0v) is 9.28. The first-order valence-corrected chi connectivity index (χ1v) is 5.26. The fourth-order valence-corrected chi connectivity index (χ4v) is 1.68. The smallest absolute Gasteiger partial charge is 0.138 e. The van der Waals surface area contributed by atoms with Gasteiger partial charge >= 0.3 is 0 Å². The van der Waals surface area contributed by atoms with Crippen LogP contribution in [0.2, 0.25) is 5.02 Å². The molecule has 4 N–H and O–H groups in total. The van der Waals surface area contributed by atoms with Gasteiger partial charge in [-0.15, -0.1) is 0 Å². The molecule has 0 aliphatic carbocycles. The fourth-order valence-electron chi connectivity index (χ4n) is 1.47. The van der Waals surface area contributed by atoms with Crippen molar-refractivity contribution in [1.29, 1.82) is 0 Å². The van der Waals surface area contributed by atoms with E-state index in [1.807, 2.05) is 6.07 Å². The van der Waals surface area contributed by atoms with Gasteiger partial charge in [-0.05, 0) is 17.7 Å². The summed E-state index contributed by atoms with van der Waals surface area (Å²) in [6.07, 6.45) is 3.38. The van der Waals surface area contributed by atoms with Crippen molar-refractivity contribution in [1.82, 2.24) is 9.97 Å². The van der Waals surface area contributed by atoms with Gasteiger partial charge in [0.2, 0.25) is 0 Å². The van der Waals surface area contributed by atoms with E-state index < -0.39 is 6.04 Å². The standard InChI is InChI=1S/C11H12ClN3O/c12-9-2-1-7(10(13)6-16)5-8(9)11-14-3-4-15-11/h1-5,10,16H,6,13H2,(H,14,15). The molecule has 0 bridgehead atoms. The van der Waals surface area contributed by atoms with E-state index in [4.69, 9.17) is 22.4 Å². The molecule has 0 fully saturated rings. The summed E-state index contributed by atoms with van der Waals surface area (Å²) in [5.74, 6) is 0.692. The van der Waals surface area contributed by atoms with Crippen molar-refractivity contribution in [3.8, 4) is 11.4 Å². The predicted octanol–water partition coefficient (Wildman–Crippen LogP) is 1.72. The molecule has 0 saturated carbocycles. The maximum absolute atomic E-state index is 9.00. The lowest BCUT2D eigenvalue weighted by atomic mass is 10.0. The van der Waals surface area contributed by atoms with Crippen molar-refractivity contribution in [2.75, 3.05) is 6.61 Å². The van der Waals surface area contributed by atoms with Crippen molar-refractivity contribution in [3.63, 3.8) is 0 Å². The molecule has 0 spiro atoms. The number of nitrogens with zero attached hydrogens (tertiary/aromatic N) is 1. The summed E-state index contributed by atoms with van der Waals surface area (Å²) < 4.78 is 0. The van der Waals surface area contributed by atoms with Crippen LogP contribution < -0.4 is 5.73 Å². The van der Waals surface area contributed by atoms with Gasteiger partial charge < -0.3 is 15.8 Å². The molecule has 0 amide bonds. The largest absolute Gasteiger partial charge is 0.394 e. The summed E-state index contributed by atoms with van der Waals surface area (Å²) in [7, 11) is 0. The number of aromatic nitrogens is 2. The molecule has 2 aromatic rings. The first-order chi connectivity index (χ1) is 7.72. The first-order valence-electron chi connectivity index (χ1n) is 4.88. The molecular formula is C11H12ClN3O. The number of imidazole rings is 1. The molecule has 1 atom stereocenters. The Morgan fingerprint density at radius 2 is 2.31 bits per heavy atom. The second-order valence-corrected chi connectivity index (χ2v) is 3.87. The molecule has 0 radical (unpaired) electrons. The van der Waals surface area contributed by atoms with Crippen LogP contribution in [0.3, 0.4) is 0 Å².